The molecule has 1 aromatic heterocycles. The highest BCUT2D eigenvalue weighted by atomic mass is 19.1. The van der Waals surface area contributed by atoms with Crippen LogP contribution in [0.15, 0.2) is 12.4 Å². The summed E-state index contributed by atoms with van der Waals surface area (Å²) in [4.78, 5) is 10.3. The van der Waals surface area contributed by atoms with E-state index < -0.39 is 0 Å². The highest BCUT2D eigenvalue weighted by Crippen LogP contribution is 2.29. The average molecular weight is 208 g/mol. The molecule has 0 spiro atoms. The third kappa shape index (κ3) is 1.47. The predicted octanol–water partition coefficient (Wildman–Crippen LogP) is 0.556. The van der Waals surface area contributed by atoms with E-state index >= 15 is 0 Å². The van der Waals surface area contributed by atoms with Crippen LogP contribution in [-0.4, -0.2) is 35.1 Å². The molecule has 0 aromatic carbocycles. The number of fused-ring (bicyclic) bond motifs is 2. The summed E-state index contributed by atoms with van der Waals surface area (Å²) in [6, 6.07) is 0.962. The third-order valence-electron chi connectivity index (χ3n) is 3.22. The molecule has 2 aliphatic heterocycles. The number of nitrogens with one attached hydrogen (secondary N) is 1. The van der Waals surface area contributed by atoms with Crippen LogP contribution in [0, 0.1) is 5.82 Å². The van der Waals surface area contributed by atoms with E-state index in [1.54, 1.807) is 0 Å². The molecule has 3 heterocycles. The van der Waals surface area contributed by atoms with Gasteiger partial charge in [0, 0.05) is 25.2 Å². The summed E-state index contributed by atoms with van der Waals surface area (Å²) in [5.41, 5.74) is 0. The zero-order valence-corrected chi connectivity index (χ0v) is 8.36. The smallest absolute Gasteiger partial charge is 0.226 e. The topological polar surface area (TPSA) is 41.1 Å². The lowest BCUT2D eigenvalue weighted by Gasteiger charge is -2.35. The highest BCUT2D eigenvalue weighted by molar-refractivity contribution is 5.36. The lowest BCUT2D eigenvalue weighted by molar-refractivity contribution is 0.475. The van der Waals surface area contributed by atoms with Crippen molar-refractivity contribution in [3.05, 3.63) is 18.2 Å². The molecule has 0 amide bonds. The molecule has 5 heteroatoms. The summed E-state index contributed by atoms with van der Waals surface area (Å²) < 4.78 is 12.7. The van der Waals surface area contributed by atoms with Crippen molar-refractivity contribution in [3.8, 4) is 0 Å². The van der Waals surface area contributed by atoms with Crippen molar-refractivity contribution >= 4 is 5.95 Å². The molecule has 4 nitrogen and oxygen atoms in total. The van der Waals surface area contributed by atoms with Crippen molar-refractivity contribution in [2.24, 2.45) is 0 Å². The molecule has 2 unspecified atom stereocenters. The maximum Gasteiger partial charge on any atom is 0.226 e. The van der Waals surface area contributed by atoms with Crippen LogP contribution in [0.2, 0.25) is 0 Å². The zero-order chi connectivity index (χ0) is 10.3. The Kier molecular flexibility index (Phi) is 2.05. The van der Waals surface area contributed by atoms with Gasteiger partial charge in [0.2, 0.25) is 5.95 Å². The second kappa shape index (κ2) is 3.41. The van der Waals surface area contributed by atoms with Crippen molar-refractivity contribution in [3.63, 3.8) is 0 Å². The van der Waals surface area contributed by atoms with Crippen LogP contribution < -0.4 is 10.2 Å². The van der Waals surface area contributed by atoms with Gasteiger partial charge >= 0.3 is 0 Å². The summed E-state index contributed by atoms with van der Waals surface area (Å²) in [6.45, 7) is 1.97. The minimum Gasteiger partial charge on any atom is -0.332 e. The molecule has 0 aliphatic carbocycles. The number of hydrogen-bond acceptors (Lipinski definition) is 4. The number of anilines is 1. The lowest BCUT2D eigenvalue weighted by Crippen LogP contribution is -2.52. The van der Waals surface area contributed by atoms with Gasteiger partial charge in [0.15, 0.2) is 5.82 Å². The molecule has 80 valence electrons. The summed E-state index contributed by atoms with van der Waals surface area (Å²) in [7, 11) is 0. The average Bonchev–Trinajstić information content (AvgIpc) is 2.51. The standard InChI is InChI=1S/C10H13FN4/c11-7-3-13-10(14-4-7)15-8-1-2-9(15)6-12-5-8/h3-4,8-9,12H,1-2,5-6H2. The molecule has 2 bridgehead atoms. The van der Waals surface area contributed by atoms with E-state index in [0.717, 1.165) is 13.1 Å². The molecule has 0 radical (unpaired) electrons. The Morgan fingerprint density at radius 3 is 2.40 bits per heavy atom. The van der Waals surface area contributed by atoms with Crippen LogP contribution >= 0.6 is 0 Å². The minimum absolute atomic E-state index is 0.374. The maximum absolute atomic E-state index is 12.7. The van der Waals surface area contributed by atoms with E-state index in [4.69, 9.17) is 0 Å². The monoisotopic (exact) mass is 208 g/mol. The van der Waals surface area contributed by atoms with Gasteiger partial charge in [-0.05, 0) is 12.8 Å². The number of halogens is 1. The van der Waals surface area contributed by atoms with E-state index in [2.05, 4.69) is 20.2 Å². The SMILES string of the molecule is Fc1cnc(N2C3CCC2CNC3)nc1. The van der Waals surface area contributed by atoms with Crippen molar-refractivity contribution in [1.82, 2.24) is 15.3 Å². The Labute approximate surface area is 87.5 Å². The van der Waals surface area contributed by atoms with Crippen molar-refractivity contribution < 1.29 is 4.39 Å². The molecule has 2 saturated heterocycles. The summed E-state index contributed by atoms with van der Waals surface area (Å²) in [5.74, 6) is 0.298. The van der Waals surface area contributed by atoms with Gasteiger partial charge in [-0.2, -0.15) is 0 Å². The van der Waals surface area contributed by atoms with Gasteiger partial charge in [0.25, 0.3) is 0 Å². The first-order valence-electron chi connectivity index (χ1n) is 5.31. The van der Waals surface area contributed by atoms with Crippen LogP contribution in [0.1, 0.15) is 12.8 Å². The Bertz CT molecular complexity index is 337. The lowest BCUT2D eigenvalue weighted by atomic mass is 10.2. The Morgan fingerprint density at radius 2 is 1.80 bits per heavy atom. The molecule has 3 rings (SSSR count). The van der Waals surface area contributed by atoms with Crippen LogP contribution in [-0.2, 0) is 0 Å². The largest absolute Gasteiger partial charge is 0.332 e. The first-order valence-corrected chi connectivity index (χ1v) is 5.31. The quantitative estimate of drug-likeness (QED) is 0.732. The molecular weight excluding hydrogens is 195 g/mol. The molecule has 0 saturated carbocycles. The molecular formula is C10H13FN4. The Morgan fingerprint density at radius 1 is 1.20 bits per heavy atom. The Hall–Kier alpha value is -1.23. The van der Waals surface area contributed by atoms with Crippen LogP contribution in [0.25, 0.3) is 0 Å². The first kappa shape index (κ1) is 9.03. The molecule has 15 heavy (non-hydrogen) atoms. The van der Waals surface area contributed by atoms with Crippen LogP contribution in [0.3, 0.4) is 0 Å². The van der Waals surface area contributed by atoms with Crippen LogP contribution in [0.5, 0.6) is 0 Å². The van der Waals surface area contributed by atoms with Gasteiger partial charge in [-0.15, -0.1) is 0 Å². The zero-order valence-electron chi connectivity index (χ0n) is 8.36. The number of rotatable bonds is 1. The fourth-order valence-corrected chi connectivity index (χ4v) is 2.54. The summed E-state index contributed by atoms with van der Waals surface area (Å²) >= 11 is 0. The van der Waals surface area contributed by atoms with Gasteiger partial charge < -0.3 is 10.2 Å². The fraction of sp³-hybridized carbons (Fsp3) is 0.600. The third-order valence-corrected chi connectivity index (χ3v) is 3.22. The van der Waals surface area contributed by atoms with Crippen LogP contribution in [0.4, 0.5) is 10.3 Å². The van der Waals surface area contributed by atoms with Gasteiger partial charge in [0.1, 0.15) is 0 Å². The number of aromatic nitrogens is 2. The molecule has 2 atom stereocenters. The predicted molar refractivity (Wildman–Crippen MR) is 54.1 cm³/mol. The van der Waals surface area contributed by atoms with Gasteiger partial charge in [-0.3, -0.25) is 0 Å². The van der Waals surface area contributed by atoms with Crippen molar-refractivity contribution in [2.45, 2.75) is 24.9 Å². The van der Waals surface area contributed by atoms with Gasteiger partial charge in [-0.1, -0.05) is 0 Å². The molecule has 2 aliphatic rings. The van der Waals surface area contributed by atoms with E-state index in [-0.39, 0.29) is 5.82 Å². The summed E-state index contributed by atoms with van der Waals surface area (Å²) in [5, 5.41) is 3.39. The van der Waals surface area contributed by atoms with E-state index in [0.29, 0.717) is 18.0 Å². The summed E-state index contributed by atoms with van der Waals surface area (Å²) in [6.07, 6.45) is 4.84. The number of nitrogens with zero attached hydrogens (tertiary/aromatic N) is 3. The molecule has 1 N–H and O–H groups in total. The van der Waals surface area contributed by atoms with Crippen molar-refractivity contribution in [1.29, 1.82) is 0 Å². The second-order valence-corrected chi connectivity index (χ2v) is 4.15. The van der Waals surface area contributed by atoms with Gasteiger partial charge in [-0.25, -0.2) is 14.4 Å². The van der Waals surface area contributed by atoms with Gasteiger partial charge in [0.05, 0.1) is 12.4 Å². The normalized spacial score (nSPS) is 29.5. The number of hydrogen-bond donors (Lipinski definition) is 1. The van der Waals surface area contributed by atoms with Crippen molar-refractivity contribution in [2.75, 3.05) is 18.0 Å². The van der Waals surface area contributed by atoms with E-state index in [9.17, 15) is 4.39 Å². The Balaban J connectivity index is 1.90. The second-order valence-electron chi connectivity index (χ2n) is 4.15. The fourth-order valence-electron chi connectivity index (χ4n) is 2.54. The number of piperazine rings is 1. The minimum atomic E-state index is -0.374. The maximum atomic E-state index is 12.7. The van der Waals surface area contributed by atoms with E-state index in [1.807, 2.05) is 0 Å². The molecule has 2 fully saturated rings. The van der Waals surface area contributed by atoms with E-state index in [1.165, 1.54) is 25.2 Å². The molecule has 1 aromatic rings. The highest BCUT2D eigenvalue weighted by Gasteiger charge is 2.37. The first-order chi connectivity index (χ1) is 7.34.